The number of hydrogen-bond acceptors (Lipinski definition) is 4. The van der Waals surface area contributed by atoms with Gasteiger partial charge in [-0.15, -0.1) is 0 Å². The molecule has 0 unspecified atom stereocenters. The zero-order valence-corrected chi connectivity index (χ0v) is 46.9. The van der Waals surface area contributed by atoms with Crippen LogP contribution in [0.25, 0.3) is 176 Å². The van der Waals surface area contributed by atoms with Gasteiger partial charge in [0.05, 0.1) is 66.6 Å². The first-order chi connectivity index (χ1) is 43.5. The lowest BCUT2D eigenvalue weighted by atomic mass is 10.0. The van der Waals surface area contributed by atoms with E-state index in [9.17, 15) is 10.5 Å². The minimum Gasteiger partial charge on any atom is -0.456 e. The van der Waals surface area contributed by atoms with E-state index in [1.54, 1.807) is 0 Å². The summed E-state index contributed by atoms with van der Waals surface area (Å²) in [4.78, 5) is 0. The highest BCUT2D eigenvalue weighted by Crippen LogP contribution is 2.46. The Balaban J connectivity index is 0.873. The van der Waals surface area contributed by atoms with Crippen LogP contribution < -0.4 is 0 Å². The van der Waals surface area contributed by atoms with Crippen LogP contribution in [0.15, 0.2) is 276 Å². The second kappa shape index (κ2) is 18.1. The number of nitriles is 2. The van der Waals surface area contributed by atoms with Gasteiger partial charge in [0.15, 0.2) is 0 Å². The molecule has 0 aliphatic rings. The van der Waals surface area contributed by atoms with Crippen LogP contribution in [-0.2, 0) is 0 Å². The molecule has 0 bridgehead atoms. The molecule has 0 fully saturated rings. The molecule has 6 aromatic heterocycles. The third-order valence-electron chi connectivity index (χ3n) is 18.4. The summed E-state index contributed by atoms with van der Waals surface area (Å²) in [7, 11) is 0. The summed E-state index contributed by atoms with van der Waals surface area (Å²) >= 11 is 0. The molecule has 19 rings (SSSR count). The van der Waals surface area contributed by atoms with Gasteiger partial charge >= 0.3 is 0 Å². The number of fused-ring (bicyclic) bond motifs is 18. The quantitative estimate of drug-likeness (QED) is 0.166. The lowest BCUT2D eigenvalue weighted by Crippen LogP contribution is -2.04. The molecule has 0 saturated carbocycles. The molecule has 6 heterocycles. The van der Waals surface area contributed by atoms with Crippen molar-refractivity contribution in [2.45, 2.75) is 0 Å². The molecular formula is C80H44N6O2. The van der Waals surface area contributed by atoms with E-state index in [-0.39, 0.29) is 0 Å². The Morgan fingerprint density at radius 2 is 0.534 bits per heavy atom. The van der Waals surface area contributed by atoms with Crippen LogP contribution in [0.1, 0.15) is 11.1 Å². The Bertz CT molecular complexity index is 5940. The molecule has 0 aliphatic carbocycles. The minimum absolute atomic E-state index is 0.426. The molecule has 0 aliphatic heterocycles. The summed E-state index contributed by atoms with van der Waals surface area (Å²) in [6, 6.07) is 99.1. The Morgan fingerprint density at radius 3 is 0.955 bits per heavy atom. The maximum Gasteiger partial charge on any atom is 0.135 e. The SMILES string of the molecule is N#Cc1cc(-n2c3ccc(-c4ccc5oc6ccccc6c5c4)cc3c3cc4c(cc32)c2ccccc2n4-c2ccccc2)c(C#N)cc1-n1c2ccc(-c3ccc4oc5ccccc5c4c3)cc2c2cc3c(cc21)c1ccccc1n3-c1ccccc1. The zero-order valence-electron chi connectivity index (χ0n) is 46.9. The highest BCUT2D eigenvalue weighted by Gasteiger charge is 2.26. The summed E-state index contributed by atoms with van der Waals surface area (Å²) in [5.74, 6) is 0. The van der Waals surface area contributed by atoms with Crippen molar-refractivity contribution in [3.63, 3.8) is 0 Å². The standard InChI is InChI=1S/C80H44N6O2/c81-45-51-40-72(86-70-32-28-48(50-30-34-80-66(38-50)58-22-10-14-26-78(58)88-80)36-60(70)64-44-74-62(42-76(64)86)56-20-8-12-24-68(56)84(74)54-17-5-2-6-18-54)52(46-82)39-71(51)85-69-31-27-47(49-29-33-79-65(37-49)57-21-9-13-25-77(57)87-79)35-59(69)63-43-73-61(41-75(63)85)55-19-7-11-23-67(55)83(73)53-15-3-1-4-16-53/h1-44H. The Morgan fingerprint density at radius 1 is 0.227 bits per heavy atom. The van der Waals surface area contributed by atoms with E-state index >= 15 is 0 Å². The molecule has 19 aromatic rings. The van der Waals surface area contributed by atoms with Crippen molar-refractivity contribution in [3.8, 4) is 57.1 Å². The van der Waals surface area contributed by atoms with Crippen molar-refractivity contribution in [3.05, 3.63) is 278 Å². The number of para-hydroxylation sites is 6. The molecule has 0 spiro atoms. The van der Waals surface area contributed by atoms with E-state index < -0.39 is 0 Å². The molecule has 8 heteroatoms. The molecule has 0 saturated heterocycles. The predicted molar refractivity (Wildman–Crippen MR) is 359 cm³/mol. The van der Waals surface area contributed by atoms with Crippen molar-refractivity contribution < 1.29 is 8.83 Å². The van der Waals surface area contributed by atoms with Gasteiger partial charge in [0.2, 0.25) is 0 Å². The Kier molecular flexibility index (Phi) is 9.87. The van der Waals surface area contributed by atoms with E-state index in [4.69, 9.17) is 8.83 Å². The topological polar surface area (TPSA) is 93.6 Å². The Hall–Kier alpha value is -12.4. The molecule has 0 radical (unpaired) electrons. The van der Waals surface area contributed by atoms with Crippen molar-refractivity contribution in [2.75, 3.05) is 0 Å². The fourth-order valence-corrected chi connectivity index (χ4v) is 14.5. The van der Waals surface area contributed by atoms with Crippen LogP contribution in [0, 0.1) is 22.7 Å². The van der Waals surface area contributed by atoms with Gasteiger partial charge in [0, 0.05) is 76.0 Å². The molecule has 0 N–H and O–H groups in total. The van der Waals surface area contributed by atoms with Crippen LogP contribution in [0.2, 0.25) is 0 Å². The fraction of sp³-hybridized carbons (Fsp3) is 0. The number of benzene rings is 13. The van der Waals surface area contributed by atoms with E-state index in [1.807, 2.05) is 36.4 Å². The van der Waals surface area contributed by atoms with E-state index in [0.29, 0.717) is 22.5 Å². The predicted octanol–water partition coefficient (Wildman–Crippen LogP) is 21.0. The number of rotatable bonds is 6. The van der Waals surface area contributed by atoms with Crippen LogP contribution in [0.3, 0.4) is 0 Å². The van der Waals surface area contributed by atoms with E-state index in [2.05, 4.69) is 261 Å². The number of hydrogen-bond donors (Lipinski definition) is 0. The normalized spacial score (nSPS) is 12.1. The summed E-state index contributed by atoms with van der Waals surface area (Å²) in [5, 5.41) is 36.2. The first-order valence-electron chi connectivity index (χ1n) is 29.5. The van der Waals surface area contributed by atoms with Crippen LogP contribution >= 0.6 is 0 Å². The van der Waals surface area contributed by atoms with Gasteiger partial charge in [-0.1, -0.05) is 133 Å². The maximum atomic E-state index is 11.7. The van der Waals surface area contributed by atoms with Crippen LogP contribution in [0.4, 0.5) is 0 Å². The van der Waals surface area contributed by atoms with Crippen molar-refractivity contribution in [2.24, 2.45) is 0 Å². The average Bonchev–Trinajstić information content (AvgIpc) is 1.70. The van der Waals surface area contributed by atoms with E-state index in [1.165, 1.54) is 0 Å². The van der Waals surface area contributed by atoms with Gasteiger partial charge in [-0.05, 0) is 156 Å². The van der Waals surface area contributed by atoms with E-state index in [0.717, 1.165) is 165 Å². The second-order valence-corrected chi connectivity index (χ2v) is 23.0. The molecule has 406 valence electrons. The highest BCUT2D eigenvalue weighted by molar-refractivity contribution is 6.22. The highest BCUT2D eigenvalue weighted by atomic mass is 16.3. The fourth-order valence-electron chi connectivity index (χ4n) is 14.5. The van der Waals surface area contributed by atoms with Crippen LogP contribution in [-0.4, -0.2) is 18.3 Å². The van der Waals surface area contributed by atoms with Gasteiger partial charge in [0.25, 0.3) is 0 Å². The van der Waals surface area contributed by atoms with Gasteiger partial charge in [-0.2, -0.15) is 10.5 Å². The first kappa shape index (κ1) is 48.1. The number of aromatic nitrogens is 4. The molecular weight excluding hydrogens is 1080 g/mol. The van der Waals surface area contributed by atoms with Crippen molar-refractivity contribution in [1.29, 1.82) is 10.5 Å². The third-order valence-corrected chi connectivity index (χ3v) is 18.4. The lowest BCUT2D eigenvalue weighted by Gasteiger charge is -2.16. The monoisotopic (exact) mass is 1120 g/mol. The summed E-state index contributed by atoms with van der Waals surface area (Å²) in [6.45, 7) is 0. The second-order valence-electron chi connectivity index (χ2n) is 23.0. The molecule has 0 atom stereocenters. The molecule has 13 aromatic carbocycles. The summed E-state index contributed by atoms with van der Waals surface area (Å²) < 4.78 is 21.7. The number of furan rings is 2. The minimum atomic E-state index is 0.426. The smallest absolute Gasteiger partial charge is 0.135 e. The molecule has 8 nitrogen and oxygen atoms in total. The summed E-state index contributed by atoms with van der Waals surface area (Å²) in [6.07, 6.45) is 0. The lowest BCUT2D eigenvalue weighted by molar-refractivity contribution is 0.668. The maximum absolute atomic E-state index is 11.7. The van der Waals surface area contributed by atoms with Gasteiger partial charge in [-0.25, -0.2) is 0 Å². The van der Waals surface area contributed by atoms with Crippen molar-refractivity contribution >= 4 is 131 Å². The Labute approximate surface area is 501 Å². The van der Waals surface area contributed by atoms with Gasteiger partial charge < -0.3 is 27.1 Å². The average molecular weight is 1120 g/mol. The van der Waals surface area contributed by atoms with Gasteiger partial charge in [-0.3, -0.25) is 0 Å². The van der Waals surface area contributed by atoms with Gasteiger partial charge in [0.1, 0.15) is 34.5 Å². The first-order valence-corrected chi connectivity index (χ1v) is 29.5. The zero-order chi connectivity index (χ0) is 57.9. The van der Waals surface area contributed by atoms with Crippen molar-refractivity contribution in [1.82, 2.24) is 18.3 Å². The molecule has 0 amide bonds. The largest absolute Gasteiger partial charge is 0.456 e. The molecule has 88 heavy (non-hydrogen) atoms. The summed E-state index contributed by atoms with van der Waals surface area (Å²) in [5.41, 5.74) is 19.8. The third kappa shape index (κ3) is 6.77. The number of nitrogens with zero attached hydrogens (tertiary/aromatic N) is 6. The van der Waals surface area contributed by atoms with Crippen LogP contribution in [0.5, 0.6) is 0 Å².